The molecule has 2 aliphatic carbocycles. The summed E-state index contributed by atoms with van der Waals surface area (Å²) in [6, 6.07) is 0. The summed E-state index contributed by atoms with van der Waals surface area (Å²) in [5.41, 5.74) is 0.419. The lowest BCUT2D eigenvalue weighted by Crippen LogP contribution is -2.31. The van der Waals surface area contributed by atoms with Gasteiger partial charge >= 0.3 is 0 Å². The minimum atomic E-state index is -0.230. The Morgan fingerprint density at radius 2 is 2.14 bits per heavy atom. The van der Waals surface area contributed by atoms with Crippen molar-refractivity contribution in [1.29, 1.82) is 0 Å². The molecule has 0 bridgehead atoms. The second-order valence-corrected chi connectivity index (χ2v) is 4.94. The van der Waals surface area contributed by atoms with Crippen molar-refractivity contribution in [3.05, 3.63) is 0 Å². The minimum absolute atomic E-state index is 0.198. The number of Topliss-reactive ketones (excluding diaryl/α,β-unsaturated/α-hetero) is 2. The molecule has 0 aromatic carbocycles. The van der Waals surface area contributed by atoms with Crippen molar-refractivity contribution >= 4 is 11.6 Å². The Morgan fingerprint density at radius 1 is 1.43 bits per heavy atom. The lowest BCUT2D eigenvalue weighted by molar-refractivity contribution is -0.135. The molecule has 78 valence electrons. The maximum Gasteiger partial charge on any atom is 0.143 e. The van der Waals surface area contributed by atoms with Crippen LogP contribution in [-0.2, 0) is 9.59 Å². The van der Waals surface area contributed by atoms with Gasteiger partial charge in [-0.15, -0.1) is 0 Å². The molecule has 2 aliphatic rings. The average Bonchev–Trinajstić information content (AvgIpc) is 2.91. The summed E-state index contributed by atoms with van der Waals surface area (Å²) in [4.78, 5) is 23.3. The zero-order chi connectivity index (χ0) is 10.2. The number of rotatable bonds is 3. The fourth-order valence-electron chi connectivity index (χ4n) is 2.56. The van der Waals surface area contributed by atoms with Gasteiger partial charge in [0.1, 0.15) is 11.6 Å². The zero-order valence-electron chi connectivity index (χ0n) is 8.84. The number of hydrogen-bond acceptors (Lipinski definition) is 2. The first-order chi connectivity index (χ1) is 6.67. The lowest BCUT2D eigenvalue weighted by Gasteiger charge is -2.26. The Morgan fingerprint density at radius 3 is 2.71 bits per heavy atom. The van der Waals surface area contributed by atoms with Gasteiger partial charge in [0, 0.05) is 12.8 Å². The minimum Gasteiger partial charge on any atom is -0.299 e. The summed E-state index contributed by atoms with van der Waals surface area (Å²) in [6.07, 6.45) is 6.51. The van der Waals surface area contributed by atoms with E-state index in [1.807, 2.05) is 6.92 Å². The van der Waals surface area contributed by atoms with Gasteiger partial charge in [0.05, 0.1) is 5.92 Å². The predicted octanol–water partition coefficient (Wildman–Crippen LogP) is 2.51. The van der Waals surface area contributed by atoms with Crippen molar-refractivity contribution in [2.45, 2.75) is 51.9 Å². The molecule has 0 amide bonds. The van der Waals surface area contributed by atoms with Crippen LogP contribution in [-0.4, -0.2) is 11.6 Å². The van der Waals surface area contributed by atoms with E-state index in [9.17, 15) is 9.59 Å². The first kappa shape index (κ1) is 9.88. The Hall–Kier alpha value is -0.660. The van der Waals surface area contributed by atoms with E-state index in [4.69, 9.17) is 0 Å². The van der Waals surface area contributed by atoms with Gasteiger partial charge in [0.15, 0.2) is 0 Å². The molecule has 2 nitrogen and oxygen atoms in total. The normalized spacial score (nSPS) is 29.2. The molecule has 2 saturated carbocycles. The highest BCUT2D eigenvalue weighted by atomic mass is 16.1. The Bertz CT molecular complexity index is 263. The maximum absolute atomic E-state index is 11.7. The largest absolute Gasteiger partial charge is 0.299 e. The Kier molecular flexibility index (Phi) is 2.46. The van der Waals surface area contributed by atoms with E-state index in [0.717, 1.165) is 19.3 Å². The third-order valence-corrected chi connectivity index (χ3v) is 3.77. The predicted molar refractivity (Wildman–Crippen MR) is 53.9 cm³/mol. The van der Waals surface area contributed by atoms with Gasteiger partial charge in [0.2, 0.25) is 0 Å². The number of hydrogen-bond donors (Lipinski definition) is 0. The first-order valence-electron chi connectivity index (χ1n) is 5.72. The van der Waals surface area contributed by atoms with Crippen LogP contribution in [0.25, 0.3) is 0 Å². The summed E-state index contributed by atoms with van der Waals surface area (Å²) in [6.45, 7) is 2.00. The van der Waals surface area contributed by atoms with Crippen LogP contribution in [0.3, 0.4) is 0 Å². The van der Waals surface area contributed by atoms with Crippen LogP contribution >= 0.6 is 0 Å². The molecule has 0 aromatic rings. The van der Waals surface area contributed by atoms with Gasteiger partial charge in [-0.25, -0.2) is 0 Å². The Balaban J connectivity index is 2.01. The lowest BCUT2D eigenvalue weighted by atomic mass is 9.75. The van der Waals surface area contributed by atoms with Crippen LogP contribution in [0.1, 0.15) is 51.9 Å². The second-order valence-electron chi connectivity index (χ2n) is 4.94. The maximum atomic E-state index is 11.7. The second kappa shape index (κ2) is 3.48. The van der Waals surface area contributed by atoms with Gasteiger partial charge in [-0.3, -0.25) is 9.59 Å². The van der Waals surface area contributed by atoms with Crippen LogP contribution < -0.4 is 0 Å². The fraction of sp³-hybridized carbons (Fsp3) is 0.833. The Labute approximate surface area is 85.1 Å². The summed E-state index contributed by atoms with van der Waals surface area (Å²) < 4.78 is 0. The molecule has 0 N–H and O–H groups in total. The molecule has 2 heteroatoms. The van der Waals surface area contributed by atoms with Crippen molar-refractivity contribution in [2.24, 2.45) is 11.3 Å². The molecule has 1 atom stereocenters. The number of ketones is 2. The van der Waals surface area contributed by atoms with E-state index in [-0.39, 0.29) is 17.5 Å². The highest BCUT2D eigenvalue weighted by Crippen LogP contribution is 2.57. The molecule has 0 saturated heterocycles. The molecular formula is C12H18O2. The summed E-state index contributed by atoms with van der Waals surface area (Å²) in [5, 5.41) is 0. The van der Waals surface area contributed by atoms with E-state index in [1.165, 1.54) is 12.8 Å². The molecule has 0 heterocycles. The topological polar surface area (TPSA) is 34.1 Å². The summed E-state index contributed by atoms with van der Waals surface area (Å²) in [7, 11) is 0. The van der Waals surface area contributed by atoms with Crippen molar-refractivity contribution in [3.8, 4) is 0 Å². The van der Waals surface area contributed by atoms with Gasteiger partial charge in [-0.2, -0.15) is 0 Å². The van der Waals surface area contributed by atoms with E-state index in [2.05, 4.69) is 0 Å². The van der Waals surface area contributed by atoms with Gasteiger partial charge in [-0.1, -0.05) is 6.92 Å². The number of carbonyl (C=O) groups excluding carboxylic acids is 2. The van der Waals surface area contributed by atoms with Crippen molar-refractivity contribution < 1.29 is 9.59 Å². The molecular weight excluding hydrogens is 176 g/mol. The van der Waals surface area contributed by atoms with Crippen LogP contribution in [0.5, 0.6) is 0 Å². The van der Waals surface area contributed by atoms with Crippen LogP contribution in [0.2, 0.25) is 0 Å². The first-order valence-corrected chi connectivity index (χ1v) is 5.72. The quantitative estimate of drug-likeness (QED) is 0.647. The van der Waals surface area contributed by atoms with E-state index in [1.54, 1.807) is 0 Å². The zero-order valence-corrected chi connectivity index (χ0v) is 8.84. The standard InChI is InChI=1S/C12H18O2/c1-2-3-10(13)9-8-12(6-7-12)5-4-11(9)14/h9H,2-8H2,1H3. The molecule has 1 spiro atoms. The summed E-state index contributed by atoms with van der Waals surface area (Å²) in [5.74, 6) is 0.177. The van der Waals surface area contributed by atoms with Gasteiger partial charge in [-0.05, 0) is 37.5 Å². The highest BCUT2D eigenvalue weighted by Gasteiger charge is 2.49. The fourth-order valence-corrected chi connectivity index (χ4v) is 2.56. The number of carbonyl (C=O) groups is 2. The molecule has 14 heavy (non-hydrogen) atoms. The molecule has 1 unspecified atom stereocenters. The molecule has 0 aromatic heterocycles. The summed E-state index contributed by atoms with van der Waals surface area (Å²) >= 11 is 0. The van der Waals surface area contributed by atoms with Crippen LogP contribution in [0, 0.1) is 11.3 Å². The van der Waals surface area contributed by atoms with E-state index < -0.39 is 0 Å². The SMILES string of the molecule is CCCC(=O)C1CC2(CCC1=O)CC2. The highest BCUT2D eigenvalue weighted by molar-refractivity contribution is 6.02. The average molecular weight is 194 g/mol. The molecule has 0 radical (unpaired) electrons. The molecule has 0 aliphatic heterocycles. The third-order valence-electron chi connectivity index (χ3n) is 3.77. The van der Waals surface area contributed by atoms with Crippen LogP contribution in [0.15, 0.2) is 0 Å². The van der Waals surface area contributed by atoms with Crippen LogP contribution in [0.4, 0.5) is 0 Å². The van der Waals surface area contributed by atoms with Crippen molar-refractivity contribution in [2.75, 3.05) is 0 Å². The van der Waals surface area contributed by atoms with E-state index in [0.29, 0.717) is 18.3 Å². The van der Waals surface area contributed by atoms with Crippen molar-refractivity contribution in [1.82, 2.24) is 0 Å². The van der Waals surface area contributed by atoms with E-state index >= 15 is 0 Å². The molecule has 2 rings (SSSR count). The van der Waals surface area contributed by atoms with Gasteiger partial charge in [0.25, 0.3) is 0 Å². The monoisotopic (exact) mass is 194 g/mol. The smallest absolute Gasteiger partial charge is 0.143 e. The third kappa shape index (κ3) is 1.75. The van der Waals surface area contributed by atoms with Crippen molar-refractivity contribution in [3.63, 3.8) is 0 Å². The molecule has 2 fully saturated rings. The van der Waals surface area contributed by atoms with Gasteiger partial charge < -0.3 is 0 Å².